The van der Waals surface area contributed by atoms with Crippen LogP contribution < -0.4 is 4.74 Å². The highest BCUT2D eigenvalue weighted by Crippen LogP contribution is 2.58. The second-order valence-electron chi connectivity index (χ2n) is 12.0. The number of carbonyl (C=O) groups is 1. The fourth-order valence-electron chi connectivity index (χ4n) is 6.79. The largest absolute Gasteiger partial charge is 0.497 e. The fraction of sp³-hybridized carbons (Fsp3) is 0.545. The van der Waals surface area contributed by atoms with E-state index in [1.165, 1.54) is 5.57 Å². The number of benzene rings is 2. The average Bonchev–Trinajstić information content (AvgIpc) is 3.16. The highest BCUT2D eigenvalue weighted by Gasteiger charge is 2.57. The summed E-state index contributed by atoms with van der Waals surface area (Å²) < 4.78 is 5.29. The first kappa shape index (κ1) is 29.5. The number of methoxy groups -OCH3 is 1. The zero-order chi connectivity index (χ0) is 28.2. The van der Waals surface area contributed by atoms with Crippen molar-refractivity contribution in [2.75, 3.05) is 33.9 Å². The Morgan fingerprint density at radius 1 is 1.13 bits per heavy atom. The van der Waals surface area contributed by atoms with E-state index < -0.39 is 17.1 Å². The third-order valence-electron chi connectivity index (χ3n) is 9.28. The Hall–Kier alpha value is -2.51. The molecule has 0 aliphatic heterocycles. The molecule has 0 heterocycles. The Balaban J connectivity index is 1.82. The first-order valence-corrected chi connectivity index (χ1v) is 14.3. The number of likely N-dealkylation sites (N-methyl/N-ethyl adjacent to an activating group) is 1. The van der Waals surface area contributed by atoms with Gasteiger partial charge in [0.2, 0.25) is 0 Å². The van der Waals surface area contributed by atoms with Crippen LogP contribution in [-0.4, -0.2) is 71.6 Å². The lowest BCUT2D eigenvalue weighted by Gasteiger charge is -2.45. The number of hydrogen-bond acceptors (Lipinski definition) is 6. The van der Waals surface area contributed by atoms with Crippen LogP contribution in [0, 0.1) is 5.41 Å². The lowest BCUT2D eigenvalue weighted by atomic mass is 9.64. The van der Waals surface area contributed by atoms with Gasteiger partial charge in [-0.2, -0.15) is 0 Å². The van der Waals surface area contributed by atoms with E-state index in [2.05, 4.69) is 26.0 Å². The number of allylic oxidation sites excluding steroid dienone is 2. The van der Waals surface area contributed by atoms with Crippen LogP contribution in [0.1, 0.15) is 85.3 Å². The Bertz CT molecular complexity index is 1180. The van der Waals surface area contributed by atoms with E-state index >= 15 is 0 Å². The highest BCUT2D eigenvalue weighted by atomic mass is 16.5. The summed E-state index contributed by atoms with van der Waals surface area (Å²) in [4.78, 5) is 16.0. The van der Waals surface area contributed by atoms with Gasteiger partial charge < -0.3 is 25.0 Å². The molecule has 39 heavy (non-hydrogen) atoms. The molecule has 0 spiro atoms. The van der Waals surface area contributed by atoms with Gasteiger partial charge >= 0.3 is 0 Å². The second kappa shape index (κ2) is 12.3. The third kappa shape index (κ3) is 6.30. The van der Waals surface area contributed by atoms with Crippen LogP contribution in [0.25, 0.3) is 0 Å². The molecule has 4 atom stereocenters. The Morgan fingerprint density at radius 3 is 2.56 bits per heavy atom. The van der Waals surface area contributed by atoms with Crippen molar-refractivity contribution < 1.29 is 24.9 Å². The summed E-state index contributed by atoms with van der Waals surface area (Å²) in [7, 11) is 3.55. The molecule has 6 heteroatoms. The van der Waals surface area contributed by atoms with E-state index in [0.29, 0.717) is 49.2 Å². The van der Waals surface area contributed by atoms with Gasteiger partial charge in [0.15, 0.2) is 5.78 Å². The summed E-state index contributed by atoms with van der Waals surface area (Å²) in [5.41, 5.74) is 2.97. The lowest BCUT2D eigenvalue weighted by molar-refractivity contribution is -0.0810. The predicted molar refractivity (Wildman–Crippen MR) is 154 cm³/mol. The zero-order valence-electron chi connectivity index (χ0n) is 23.9. The van der Waals surface area contributed by atoms with Gasteiger partial charge in [0, 0.05) is 29.6 Å². The van der Waals surface area contributed by atoms with E-state index in [1.54, 1.807) is 31.4 Å². The molecule has 6 nitrogen and oxygen atoms in total. The predicted octanol–water partition coefficient (Wildman–Crippen LogP) is 4.89. The van der Waals surface area contributed by atoms with Gasteiger partial charge in [0.1, 0.15) is 5.75 Å². The summed E-state index contributed by atoms with van der Waals surface area (Å²) in [6.45, 7) is 5.32. The molecule has 212 valence electrons. The Labute approximate surface area is 233 Å². The summed E-state index contributed by atoms with van der Waals surface area (Å²) >= 11 is 0. The third-order valence-corrected chi connectivity index (χ3v) is 9.28. The van der Waals surface area contributed by atoms with Gasteiger partial charge in [0.05, 0.1) is 25.4 Å². The number of fused-ring (bicyclic) bond motifs is 8. The number of aliphatic hydroxyl groups is 3. The molecule has 1 fully saturated rings. The van der Waals surface area contributed by atoms with E-state index in [-0.39, 0.29) is 18.3 Å². The molecule has 2 bridgehead atoms. The molecule has 4 unspecified atom stereocenters. The minimum Gasteiger partial charge on any atom is -0.497 e. The van der Waals surface area contributed by atoms with Crippen molar-refractivity contribution in [3.05, 3.63) is 76.4 Å². The quantitative estimate of drug-likeness (QED) is 0.346. The molecule has 0 aromatic heterocycles. The van der Waals surface area contributed by atoms with Crippen molar-refractivity contribution in [3.8, 4) is 5.75 Å². The SMILES string of the molecule is COc1ccc(C(=O)c2cc3ccc2C2CCC(O)(CN(C)CCO)C2(C)CCC=C(C)CCC(O)C3)cc1. The minimum atomic E-state index is -0.963. The van der Waals surface area contributed by atoms with Crippen LogP contribution in [0.3, 0.4) is 0 Å². The minimum absolute atomic E-state index is 0.0159. The van der Waals surface area contributed by atoms with Crippen molar-refractivity contribution in [2.24, 2.45) is 5.41 Å². The number of ether oxygens (including phenoxy) is 1. The van der Waals surface area contributed by atoms with Crippen LogP contribution >= 0.6 is 0 Å². The van der Waals surface area contributed by atoms with Crippen LogP contribution in [0.15, 0.2) is 54.1 Å². The van der Waals surface area contributed by atoms with Crippen LogP contribution in [0.5, 0.6) is 5.75 Å². The maximum absolute atomic E-state index is 14.0. The van der Waals surface area contributed by atoms with Crippen molar-refractivity contribution in [2.45, 2.75) is 76.4 Å². The molecule has 0 saturated heterocycles. The van der Waals surface area contributed by atoms with Crippen molar-refractivity contribution in [1.29, 1.82) is 0 Å². The maximum atomic E-state index is 14.0. The number of hydrogen-bond donors (Lipinski definition) is 3. The molecule has 5 rings (SSSR count). The smallest absolute Gasteiger partial charge is 0.193 e. The van der Waals surface area contributed by atoms with Gasteiger partial charge in [-0.3, -0.25) is 4.79 Å². The summed E-state index contributed by atoms with van der Waals surface area (Å²) in [6, 6.07) is 13.3. The molecule has 1 saturated carbocycles. The van der Waals surface area contributed by atoms with Crippen LogP contribution in [0.2, 0.25) is 0 Å². The second-order valence-corrected chi connectivity index (χ2v) is 12.0. The lowest BCUT2D eigenvalue weighted by Crippen LogP contribution is -2.52. The van der Waals surface area contributed by atoms with Gasteiger partial charge in [-0.05, 0) is 106 Å². The van der Waals surface area contributed by atoms with Crippen molar-refractivity contribution in [3.63, 3.8) is 0 Å². The summed E-state index contributed by atoms with van der Waals surface area (Å²) in [5.74, 6) is 0.627. The molecular formula is C33H45NO5. The molecule has 3 aliphatic carbocycles. The monoisotopic (exact) mass is 535 g/mol. The number of aliphatic hydroxyl groups excluding tert-OH is 2. The Morgan fingerprint density at radius 2 is 1.87 bits per heavy atom. The summed E-state index contributed by atoms with van der Waals surface area (Å²) in [6.07, 6.45) is 6.75. The highest BCUT2D eigenvalue weighted by molar-refractivity contribution is 6.10. The molecular weight excluding hydrogens is 490 g/mol. The van der Waals surface area contributed by atoms with E-state index in [0.717, 1.165) is 36.8 Å². The van der Waals surface area contributed by atoms with Gasteiger partial charge in [0.25, 0.3) is 0 Å². The number of carbonyl (C=O) groups excluding carboxylic acids is 1. The topological polar surface area (TPSA) is 90.2 Å². The first-order chi connectivity index (χ1) is 18.6. The number of ketones is 1. The molecule has 2 aromatic carbocycles. The first-order valence-electron chi connectivity index (χ1n) is 14.3. The number of nitrogens with zero attached hydrogens (tertiary/aromatic N) is 1. The van der Waals surface area contributed by atoms with Gasteiger partial charge in [-0.15, -0.1) is 0 Å². The summed E-state index contributed by atoms with van der Waals surface area (Å²) in [5, 5.41) is 32.5. The molecule has 3 aliphatic rings. The van der Waals surface area contributed by atoms with E-state index in [1.807, 2.05) is 24.1 Å². The molecule has 0 amide bonds. The van der Waals surface area contributed by atoms with E-state index in [9.17, 15) is 20.1 Å². The zero-order valence-corrected chi connectivity index (χ0v) is 23.9. The normalized spacial score (nSPS) is 27.6. The fourth-order valence-corrected chi connectivity index (χ4v) is 6.79. The van der Waals surface area contributed by atoms with Crippen LogP contribution in [0.4, 0.5) is 0 Å². The molecule has 2 aromatic rings. The molecule has 0 radical (unpaired) electrons. The van der Waals surface area contributed by atoms with Crippen molar-refractivity contribution in [1.82, 2.24) is 4.90 Å². The van der Waals surface area contributed by atoms with Crippen LogP contribution in [-0.2, 0) is 6.42 Å². The van der Waals surface area contributed by atoms with Gasteiger partial charge in [-0.25, -0.2) is 0 Å². The van der Waals surface area contributed by atoms with Crippen molar-refractivity contribution >= 4 is 5.78 Å². The average molecular weight is 536 g/mol. The number of rotatable bonds is 7. The van der Waals surface area contributed by atoms with E-state index in [4.69, 9.17) is 4.74 Å². The molecule has 3 N–H and O–H groups in total. The Kier molecular flexibility index (Phi) is 9.33. The maximum Gasteiger partial charge on any atom is 0.193 e. The van der Waals surface area contributed by atoms with Gasteiger partial charge in [-0.1, -0.05) is 30.7 Å². The standard InChI is InChI=1S/C33H45NO5/c1-23-6-5-16-32(2)30(15-17-33(32,38)22-34(3)18-19-35)28-14-8-24(20-26(36)11-7-23)21-29(28)31(37)25-9-12-27(39-4)13-10-25/h6,8-10,12-14,21,26,30,35-36,38H,5,7,11,15-20,22H2,1-4H3.